The molecule has 1 aliphatic rings. The molecule has 0 bridgehead atoms. The Morgan fingerprint density at radius 2 is 2.03 bits per heavy atom. The van der Waals surface area contributed by atoms with Crippen LogP contribution >= 0.6 is 24.0 Å². The number of aliphatic imine (C=N–C) groups is 1. The minimum atomic E-state index is 0. The fraction of sp³-hybridized carbons (Fsp3) is 0.682. The second-order valence-corrected chi connectivity index (χ2v) is 7.69. The van der Waals surface area contributed by atoms with E-state index in [-0.39, 0.29) is 30.0 Å². The summed E-state index contributed by atoms with van der Waals surface area (Å²) < 4.78 is 11.1. The van der Waals surface area contributed by atoms with Crippen molar-refractivity contribution in [1.29, 1.82) is 0 Å². The van der Waals surface area contributed by atoms with Gasteiger partial charge in [0.15, 0.2) is 5.96 Å². The summed E-state index contributed by atoms with van der Waals surface area (Å²) in [7, 11) is 4.21. The third kappa shape index (κ3) is 10.1. The Balaban J connectivity index is 0.00000420. The van der Waals surface area contributed by atoms with E-state index in [0.29, 0.717) is 12.5 Å². The van der Waals surface area contributed by atoms with Crippen molar-refractivity contribution in [1.82, 2.24) is 15.5 Å². The van der Waals surface area contributed by atoms with Gasteiger partial charge in [0.25, 0.3) is 0 Å². The Kier molecular flexibility index (Phi) is 13.5. The molecule has 1 saturated heterocycles. The number of rotatable bonds is 11. The average Bonchev–Trinajstić information content (AvgIpc) is 3.19. The van der Waals surface area contributed by atoms with Crippen LogP contribution in [0.15, 0.2) is 29.3 Å². The molecule has 0 aromatic heterocycles. The lowest BCUT2D eigenvalue weighted by Crippen LogP contribution is -2.38. The van der Waals surface area contributed by atoms with E-state index < -0.39 is 0 Å². The molecule has 0 amide bonds. The van der Waals surface area contributed by atoms with Gasteiger partial charge in [-0.3, -0.25) is 4.99 Å². The lowest BCUT2D eigenvalue weighted by atomic mass is 10.0. The molecule has 1 heterocycles. The van der Waals surface area contributed by atoms with Crippen molar-refractivity contribution in [2.24, 2.45) is 10.9 Å². The van der Waals surface area contributed by atoms with Gasteiger partial charge in [-0.25, -0.2) is 0 Å². The van der Waals surface area contributed by atoms with Gasteiger partial charge in [-0.1, -0.05) is 29.8 Å². The zero-order chi connectivity index (χ0) is 20.2. The Bertz CT molecular complexity index is 575. The van der Waals surface area contributed by atoms with Gasteiger partial charge in [0.05, 0.1) is 25.8 Å². The van der Waals surface area contributed by atoms with Crippen LogP contribution in [0, 0.1) is 12.8 Å². The van der Waals surface area contributed by atoms with Crippen LogP contribution in [0.2, 0.25) is 0 Å². The molecule has 2 rings (SSSR count). The Morgan fingerprint density at radius 1 is 1.28 bits per heavy atom. The topological polar surface area (TPSA) is 58.1 Å². The van der Waals surface area contributed by atoms with Crippen molar-refractivity contribution >= 4 is 29.9 Å². The SMILES string of the molecule is CCNC(=NCC(c1ccc(C)cc1)N(C)C)NCCCOCC1CCOC1.I. The molecule has 1 aromatic rings. The molecule has 1 aliphatic heterocycles. The molecule has 0 aliphatic carbocycles. The van der Waals surface area contributed by atoms with E-state index in [9.17, 15) is 0 Å². The second kappa shape index (κ2) is 15.0. The van der Waals surface area contributed by atoms with E-state index in [1.54, 1.807) is 0 Å². The number of guanidine groups is 1. The number of ether oxygens (including phenoxy) is 2. The van der Waals surface area contributed by atoms with E-state index in [0.717, 1.165) is 58.3 Å². The van der Waals surface area contributed by atoms with E-state index in [2.05, 4.69) is 67.7 Å². The van der Waals surface area contributed by atoms with Crippen molar-refractivity contribution < 1.29 is 9.47 Å². The smallest absolute Gasteiger partial charge is 0.191 e. The highest BCUT2D eigenvalue weighted by Crippen LogP contribution is 2.19. The predicted octanol–water partition coefficient (Wildman–Crippen LogP) is 3.21. The van der Waals surface area contributed by atoms with Gasteiger partial charge in [-0.2, -0.15) is 0 Å². The van der Waals surface area contributed by atoms with Crippen molar-refractivity contribution in [3.8, 4) is 0 Å². The maximum atomic E-state index is 5.77. The average molecular weight is 518 g/mol. The zero-order valence-electron chi connectivity index (χ0n) is 18.4. The first kappa shape index (κ1) is 26.1. The Hall–Kier alpha value is -0.900. The Morgan fingerprint density at radius 3 is 2.66 bits per heavy atom. The van der Waals surface area contributed by atoms with Gasteiger partial charge in [0.2, 0.25) is 0 Å². The van der Waals surface area contributed by atoms with E-state index in [1.165, 1.54) is 11.1 Å². The van der Waals surface area contributed by atoms with Gasteiger partial charge in [-0.05, 0) is 46.3 Å². The van der Waals surface area contributed by atoms with Gasteiger partial charge in [-0.15, -0.1) is 24.0 Å². The molecular weight excluding hydrogens is 479 g/mol. The summed E-state index contributed by atoms with van der Waals surface area (Å²) in [6.45, 7) is 9.94. The third-order valence-corrected chi connectivity index (χ3v) is 4.99. The second-order valence-electron chi connectivity index (χ2n) is 7.69. The highest BCUT2D eigenvalue weighted by Gasteiger charge is 2.15. The van der Waals surface area contributed by atoms with Crippen molar-refractivity contribution in [2.45, 2.75) is 32.7 Å². The Labute approximate surface area is 193 Å². The van der Waals surface area contributed by atoms with Gasteiger partial charge >= 0.3 is 0 Å². The van der Waals surface area contributed by atoms with Crippen LogP contribution in [-0.4, -0.2) is 71.0 Å². The van der Waals surface area contributed by atoms with Crippen molar-refractivity contribution in [3.63, 3.8) is 0 Å². The number of aryl methyl sites for hydroxylation is 1. The summed E-state index contributed by atoms with van der Waals surface area (Å²) in [6, 6.07) is 8.98. The maximum Gasteiger partial charge on any atom is 0.191 e. The fourth-order valence-corrected chi connectivity index (χ4v) is 3.22. The largest absolute Gasteiger partial charge is 0.381 e. The molecule has 0 radical (unpaired) electrons. The van der Waals surface area contributed by atoms with Crippen LogP contribution < -0.4 is 10.6 Å². The maximum absolute atomic E-state index is 5.77. The number of nitrogens with zero attached hydrogens (tertiary/aromatic N) is 2. The normalized spacial score (nSPS) is 17.8. The summed E-state index contributed by atoms with van der Waals surface area (Å²) >= 11 is 0. The number of hydrogen-bond donors (Lipinski definition) is 2. The number of nitrogens with one attached hydrogen (secondary N) is 2. The number of hydrogen-bond acceptors (Lipinski definition) is 4. The molecule has 2 atom stereocenters. The van der Waals surface area contributed by atoms with Crippen LogP contribution in [0.25, 0.3) is 0 Å². The van der Waals surface area contributed by atoms with Crippen molar-refractivity contribution in [3.05, 3.63) is 35.4 Å². The quantitative estimate of drug-likeness (QED) is 0.204. The van der Waals surface area contributed by atoms with E-state index in [1.807, 2.05) is 0 Å². The lowest BCUT2D eigenvalue weighted by Gasteiger charge is -2.24. The third-order valence-electron chi connectivity index (χ3n) is 4.99. The fourth-order valence-electron chi connectivity index (χ4n) is 3.22. The van der Waals surface area contributed by atoms with Gasteiger partial charge in [0, 0.05) is 32.2 Å². The summed E-state index contributed by atoms with van der Waals surface area (Å²) in [6.07, 6.45) is 2.09. The lowest BCUT2D eigenvalue weighted by molar-refractivity contribution is 0.0888. The highest BCUT2D eigenvalue weighted by molar-refractivity contribution is 14.0. The van der Waals surface area contributed by atoms with E-state index in [4.69, 9.17) is 14.5 Å². The first-order valence-electron chi connectivity index (χ1n) is 10.5. The molecule has 0 spiro atoms. The first-order chi connectivity index (χ1) is 13.6. The summed E-state index contributed by atoms with van der Waals surface area (Å²) in [5, 5.41) is 6.76. The molecule has 6 nitrogen and oxygen atoms in total. The van der Waals surface area contributed by atoms with Crippen LogP contribution in [0.3, 0.4) is 0 Å². The minimum Gasteiger partial charge on any atom is -0.381 e. The highest BCUT2D eigenvalue weighted by atomic mass is 127. The molecule has 2 unspecified atom stereocenters. The molecule has 1 aromatic carbocycles. The molecular formula is C22H39IN4O2. The summed E-state index contributed by atoms with van der Waals surface area (Å²) in [4.78, 5) is 7.03. The summed E-state index contributed by atoms with van der Waals surface area (Å²) in [5.74, 6) is 1.45. The minimum absolute atomic E-state index is 0. The van der Waals surface area contributed by atoms with Gasteiger partial charge < -0.3 is 25.0 Å². The molecule has 7 heteroatoms. The number of likely N-dealkylation sites (N-methyl/N-ethyl adjacent to an activating group) is 1. The summed E-state index contributed by atoms with van der Waals surface area (Å²) in [5.41, 5.74) is 2.57. The standard InChI is InChI=1S/C22H38N4O2.HI/c1-5-23-22(24-12-6-13-27-16-19-11-14-28-17-19)25-15-21(26(3)4)20-9-7-18(2)8-10-20;/h7-10,19,21H,5-6,11-17H2,1-4H3,(H2,23,24,25);1H. The molecule has 166 valence electrons. The monoisotopic (exact) mass is 518 g/mol. The van der Waals surface area contributed by atoms with Crippen LogP contribution in [0.1, 0.15) is 36.9 Å². The molecule has 2 N–H and O–H groups in total. The number of benzene rings is 1. The van der Waals surface area contributed by atoms with Crippen LogP contribution in [0.5, 0.6) is 0 Å². The van der Waals surface area contributed by atoms with Gasteiger partial charge in [0.1, 0.15) is 0 Å². The zero-order valence-corrected chi connectivity index (χ0v) is 20.8. The van der Waals surface area contributed by atoms with Crippen LogP contribution in [0.4, 0.5) is 0 Å². The molecule has 0 saturated carbocycles. The van der Waals surface area contributed by atoms with Crippen LogP contribution in [-0.2, 0) is 9.47 Å². The first-order valence-corrected chi connectivity index (χ1v) is 10.5. The molecule has 29 heavy (non-hydrogen) atoms. The van der Waals surface area contributed by atoms with E-state index >= 15 is 0 Å². The predicted molar refractivity (Wildman–Crippen MR) is 131 cm³/mol. The number of halogens is 1. The van der Waals surface area contributed by atoms with Crippen molar-refractivity contribution in [2.75, 3.05) is 60.2 Å². The molecule has 1 fully saturated rings.